The number of rotatable bonds is 9. The van der Waals surface area contributed by atoms with Gasteiger partial charge in [0, 0.05) is 38.3 Å². The number of nitrogens with zero attached hydrogens (tertiary/aromatic N) is 5. The van der Waals surface area contributed by atoms with Gasteiger partial charge in [-0.1, -0.05) is 12.1 Å². The minimum atomic E-state index is -4.62. The number of nitrogens with two attached hydrogens (primary N) is 1. The normalized spacial score (nSPS) is 14.7. The quantitative estimate of drug-likeness (QED) is 0.187. The molecule has 47 heavy (non-hydrogen) atoms. The fourth-order valence-corrected chi connectivity index (χ4v) is 6.69. The van der Waals surface area contributed by atoms with E-state index in [1.165, 1.54) is 42.5 Å². The molecule has 1 aliphatic heterocycles. The van der Waals surface area contributed by atoms with Crippen LogP contribution in [0, 0.1) is 5.82 Å². The molecule has 2 aromatic carbocycles. The third-order valence-electron chi connectivity index (χ3n) is 7.06. The van der Waals surface area contributed by atoms with Crippen LogP contribution in [0.1, 0.15) is 5.56 Å². The highest BCUT2D eigenvalue weighted by atomic mass is 32.2. The lowest BCUT2D eigenvalue weighted by molar-refractivity contribution is -0.115. The first-order valence-corrected chi connectivity index (χ1v) is 16.6. The number of hydrogen-bond acceptors (Lipinski definition) is 10. The van der Waals surface area contributed by atoms with Gasteiger partial charge >= 0.3 is 12.3 Å². The number of pyridine rings is 1. The molecule has 0 aliphatic carbocycles. The van der Waals surface area contributed by atoms with Gasteiger partial charge in [-0.2, -0.15) is 22.5 Å². The Morgan fingerprint density at radius 2 is 1.60 bits per heavy atom. The molecule has 1 amide bonds. The van der Waals surface area contributed by atoms with Gasteiger partial charge in [0.2, 0.25) is 26.0 Å². The molecule has 20 heteroatoms. The number of nitrogens with one attached hydrogen (secondary N) is 2. The summed E-state index contributed by atoms with van der Waals surface area (Å²) in [6.45, 7) is -1.97. The zero-order chi connectivity index (χ0) is 34.1. The fraction of sp³-hybridized carbons (Fsp3) is 0.259. The molecule has 5 rings (SSSR count). The van der Waals surface area contributed by atoms with Gasteiger partial charge in [0.15, 0.2) is 5.82 Å². The molecule has 0 atom stereocenters. The Morgan fingerprint density at radius 3 is 2.21 bits per heavy atom. The largest absolute Gasteiger partial charge is 0.465 e. The number of aromatic nitrogens is 3. The Bertz CT molecular complexity index is 2040. The number of anilines is 2. The number of hydrogen-bond donors (Lipinski definition) is 4. The molecule has 5 N–H and O–H groups in total. The van der Waals surface area contributed by atoms with E-state index < -0.39 is 49.6 Å². The number of amides is 1. The van der Waals surface area contributed by atoms with E-state index in [0.29, 0.717) is 5.56 Å². The molecule has 3 heterocycles. The van der Waals surface area contributed by atoms with Gasteiger partial charge in [-0.3, -0.25) is 0 Å². The molecule has 0 saturated carbocycles. The summed E-state index contributed by atoms with van der Waals surface area (Å²) >= 11 is 0. The lowest BCUT2D eigenvalue weighted by Crippen LogP contribution is -2.50. The molecule has 2 aromatic heterocycles. The number of piperazine rings is 1. The number of fused-ring (bicyclic) bond motifs is 1. The Kier molecular flexibility index (Phi) is 9.22. The van der Waals surface area contributed by atoms with E-state index in [9.17, 15) is 39.2 Å². The molecule has 0 spiro atoms. The van der Waals surface area contributed by atoms with Crippen molar-refractivity contribution in [3.8, 4) is 11.3 Å². The van der Waals surface area contributed by atoms with Crippen LogP contribution in [-0.4, -0.2) is 91.1 Å². The summed E-state index contributed by atoms with van der Waals surface area (Å²) in [6, 6.07) is 11.6. The maximum Gasteiger partial charge on any atom is 0.407 e. The van der Waals surface area contributed by atoms with Crippen LogP contribution >= 0.6 is 0 Å². The summed E-state index contributed by atoms with van der Waals surface area (Å²) in [5.41, 5.74) is 0.826. The molecule has 1 saturated heterocycles. The summed E-state index contributed by atoms with van der Waals surface area (Å²) < 4.78 is 105. The number of alkyl halides is 3. The van der Waals surface area contributed by atoms with Crippen molar-refractivity contribution in [3.05, 3.63) is 66.0 Å². The fourth-order valence-electron chi connectivity index (χ4n) is 4.66. The van der Waals surface area contributed by atoms with Crippen LogP contribution in [-0.2, 0) is 26.6 Å². The second-order valence-electron chi connectivity index (χ2n) is 10.3. The first-order valence-electron chi connectivity index (χ1n) is 13.6. The number of carbonyl (C=O) groups is 1. The Morgan fingerprint density at radius 1 is 0.915 bits per heavy atom. The van der Waals surface area contributed by atoms with Gasteiger partial charge in [0.1, 0.15) is 22.8 Å². The maximum absolute atomic E-state index is 14.9. The Balaban J connectivity index is 1.45. The van der Waals surface area contributed by atoms with E-state index in [1.807, 2.05) is 0 Å². The Hall–Kier alpha value is -4.66. The average Bonchev–Trinajstić information content (AvgIpc) is 3.02. The van der Waals surface area contributed by atoms with Crippen LogP contribution in [0.15, 0.2) is 64.4 Å². The summed E-state index contributed by atoms with van der Waals surface area (Å²) in [7, 11) is -8.29. The van der Waals surface area contributed by atoms with E-state index >= 15 is 0 Å². The van der Waals surface area contributed by atoms with Crippen LogP contribution in [0.3, 0.4) is 0 Å². The van der Waals surface area contributed by atoms with E-state index in [1.54, 1.807) is 0 Å². The molecule has 250 valence electrons. The minimum absolute atomic E-state index is 0.0683. The lowest BCUT2D eigenvalue weighted by atomic mass is 10.1. The molecule has 0 unspecified atom stereocenters. The van der Waals surface area contributed by atoms with E-state index in [-0.39, 0.29) is 71.7 Å². The van der Waals surface area contributed by atoms with Gasteiger partial charge in [0.25, 0.3) is 0 Å². The van der Waals surface area contributed by atoms with Crippen LogP contribution in [0.4, 0.5) is 34.1 Å². The number of sulfonamides is 2. The minimum Gasteiger partial charge on any atom is -0.465 e. The number of halogens is 4. The SMILES string of the molecule is NS(=O)(=O)c1ccc(CNc2nc(NCC(F)(F)F)c3nc(-c4ccc(F)c(S(=O)(=O)N5CCN(C(=O)O)CC5)c4)ccc3n2)cc1. The van der Waals surface area contributed by atoms with Crippen LogP contribution in [0.5, 0.6) is 0 Å². The highest BCUT2D eigenvalue weighted by Gasteiger charge is 2.32. The van der Waals surface area contributed by atoms with Crippen LogP contribution in [0.2, 0.25) is 0 Å². The first-order chi connectivity index (χ1) is 22.0. The van der Waals surface area contributed by atoms with Crippen molar-refractivity contribution in [2.75, 3.05) is 43.4 Å². The second kappa shape index (κ2) is 12.9. The number of primary sulfonamides is 1. The zero-order valence-electron chi connectivity index (χ0n) is 24.1. The molecule has 14 nitrogen and oxygen atoms in total. The maximum atomic E-state index is 14.9. The number of benzene rings is 2. The summed E-state index contributed by atoms with van der Waals surface area (Å²) in [6.07, 6.45) is -5.82. The first kappa shape index (κ1) is 33.7. The van der Waals surface area contributed by atoms with Crippen LogP contribution in [0.25, 0.3) is 22.3 Å². The van der Waals surface area contributed by atoms with Crippen molar-refractivity contribution in [3.63, 3.8) is 0 Å². The predicted octanol–water partition coefficient (Wildman–Crippen LogP) is 3.05. The molecular weight excluding hydrogens is 672 g/mol. The highest BCUT2D eigenvalue weighted by molar-refractivity contribution is 7.89. The lowest BCUT2D eigenvalue weighted by Gasteiger charge is -2.32. The number of carboxylic acid groups (broad SMARTS) is 1. The van der Waals surface area contributed by atoms with Crippen molar-refractivity contribution in [1.82, 2.24) is 24.2 Å². The molecule has 1 fully saturated rings. The van der Waals surface area contributed by atoms with Crippen molar-refractivity contribution >= 4 is 48.9 Å². The standard InChI is InChI=1S/C27H26F4N8O6S2/c28-19-6-3-17(13-22(19)47(44,45)39-11-9-38(10-12-39)26(40)41)20-7-8-21-23(35-20)24(34-15-27(29,30)31)37-25(36-21)33-14-16-1-4-18(5-2-16)46(32,42)43/h1-8,13H,9-12,14-15H2,(H,40,41)(H2,32,42,43)(H2,33,34,36,37). The van der Waals surface area contributed by atoms with E-state index in [2.05, 4.69) is 25.6 Å². The third kappa shape index (κ3) is 7.84. The third-order valence-corrected chi connectivity index (χ3v) is 9.90. The highest BCUT2D eigenvalue weighted by Crippen LogP contribution is 2.30. The molecule has 4 aromatic rings. The Labute approximate surface area is 265 Å². The second-order valence-corrected chi connectivity index (χ2v) is 13.8. The molecular formula is C27H26F4N8O6S2. The smallest absolute Gasteiger partial charge is 0.407 e. The van der Waals surface area contributed by atoms with E-state index in [0.717, 1.165) is 21.3 Å². The van der Waals surface area contributed by atoms with Crippen LogP contribution < -0.4 is 15.8 Å². The van der Waals surface area contributed by atoms with Gasteiger partial charge in [-0.05, 0) is 48.0 Å². The van der Waals surface area contributed by atoms with Gasteiger partial charge in [0.05, 0.1) is 16.1 Å². The van der Waals surface area contributed by atoms with Crippen molar-refractivity contribution < 1.29 is 44.3 Å². The average molecular weight is 699 g/mol. The van der Waals surface area contributed by atoms with Gasteiger partial charge in [-0.15, -0.1) is 0 Å². The van der Waals surface area contributed by atoms with Crippen molar-refractivity contribution in [2.45, 2.75) is 22.5 Å². The topological polar surface area (TPSA) is 201 Å². The summed E-state index contributed by atoms with van der Waals surface area (Å²) in [5.74, 6) is -1.43. The van der Waals surface area contributed by atoms with Gasteiger partial charge in [-0.25, -0.2) is 41.1 Å². The van der Waals surface area contributed by atoms with E-state index in [4.69, 9.17) is 10.2 Å². The van der Waals surface area contributed by atoms with Crippen molar-refractivity contribution in [1.29, 1.82) is 0 Å². The molecule has 1 aliphatic rings. The zero-order valence-corrected chi connectivity index (χ0v) is 25.7. The summed E-state index contributed by atoms with van der Waals surface area (Å²) in [5, 5.41) is 19.3. The molecule has 0 radical (unpaired) electrons. The summed E-state index contributed by atoms with van der Waals surface area (Å²) in [4.78, 5) is 24.3. The van der Waals surface area contributed by atoms with Gasteiger partial charge < -0.3 is 20.6 Å². The monoisotopic (exact) mass is 698 g/mol. The molecule has 0 bridgehead atoms. The predicted molar refractivity (Wildman–Crippen MR) is 161 cm³/mol. The van der Waals surface area contributed by atoms with Crippen molar-refractivity contribution in [2.24, 2.45) is 5.14 Å².